The lowest BCUT2D eigenvalue weighted by Gasteiger charge is -2.38. The Morgan fingerprint density at radius 2 is 1.97 bits per heavy atom. The molecule has 2 atom stereocenters. The molecule has 4 aromatic rings. The van der Waals surface area contributed by atoms with Gasteiger partial charge in [-0.15, -0.1) is 0 Å². The predicted octanol–water partition coefficient (Wildman–Crippen LogP) is 3.96. The van der Waals surface area contributed by atoms with Crippen LogP contribution in [0.2, 0.25) is 0 Å². The fourth-order valence-corrected chi connectivity index (χ4v) is 5.35. The maximum Gasteiger partial charge on any atom is 0.271 e. The van der Waals surface area contributed by atoms with Gasteiger partial charge in [0, 0.05) is 36.6 Å². The number of nitrogen functional groups attached to an aromatic ring is 1. The first kappa shape index (κ1) is 25.4. The topological polar surface area (TPSA) is 116 Å². The fraction of sp³-hybridized carbons (Fsp3) is 0.321. The van der Waals surface area contributed by atoms with Gasteiger partial charge in [0.25, 0.3) is 5.91 Å². The number of amides is 1. The van der Waals surface area contributed by atoms with Crippen molar-refractivity contribution in [1.29, 1.82) is 0 Å². The largest absolute Gasteiger partial charge is 0.383 e. The van der Waals surface area contributed by atoms with E-state index in [0.29, 0.717) is 61.1 Å². The highest BCUT2D eigenvalue weighted by molar-refractivity contribution is 5.98. The lowest BCUT2D eigenvalue weighted by Crippen LogP contribution is -2.52. The second-order valence-corrected chi connectivity index (χ2v) is 9.66. The van der Waals surface area contributed by atoms with Crippen LogP contribution in [0.4, 0.5) is 14.6 Å². The highest BCUT2D eigenvalue weighted by Crippen LogP contribution is 2.32. The van der Waals surface area contributed by atoms with Crippen LogP contribution in [-0.2, 0) is 34.0 Å². The van der Waals surface area contributed by atoms with Crippen molar-refractivity contribution in [3.8, 4) is 11.1 Å². The zero-order chi connectivity index (χ0) is 27.1. The summed E-state index contributed by atoms with van der Waals surface area (Å²) in [6, 6.07) is 8.39. The molecule has 2 aliphatic heterocycles. The minimum atomic E-state index is -0.670. The van der Waals surface area contributed by atoms with Gasteiger partial charge in [-0.05, 0) is 30.7 Å². The molecule has 39 heavy (non-hydrogen) atoms. The van der Waals surface area contributed by atoms with Crippen LogP contribution in [0.3, 0.4) is 0 Å². The Morgan fingerprint density at radius 3 is 2.72 bits per heavy atom. The molecule has 0 radical (unpaired) electrons. The number of methoxy groups -OCH3 is 1. The van der Waals surface area contributed by atoms with Gasteiger partial charge in [0.1, 0.15) is 29.3 Å². The Bertz CT molecular complexity index is 1520. The minimum absolute atomic E-state index is 0.144. The van der Waals surface area contributed by atoms with Gasteiger partial charge >= 0.3 is 0 Å². The average molecular weight is 536 g/mol. The van der Waals surface area contributed by atoms with Crippen molar-refractivity contribution in [1.82, 2.24) is 19.9 Å². The number of nitrogens with zero attached hydrogens (tertiary/aromatic N) is 3. The molecule has 5 heterocycles. The Labute approximate surface area is 222 Å². The molecule has 9 nitrogen and oxygen atoms in total. The van der Waals surface area contributed by atoms with Gasteiger partial charge in [0.15, 0.2) is 0 Å². The van der Waals surface area contributed by atoms with E-state index in [4.69, 9.17) is 19.9 Å². The summed E-state index contributed by atoms with van der Waals surface area (Å²) >= 11 is 0. The van der Waals surface area contributed by atoms with E-state index in [1.807, 2.05) is 0 Å². The monoisotopic (exact) mass is 535 g/mol. The highest BCUT2D eigenvalue weighted by Gasteiger charge is 2.35. The van der Waals surface area contributed by atoms with Gasteiger partial charge < -0.3 is 29.8 Å². The molecule has 1 aromatic carbocycles. The van der Waals surface area contributed by atoms with Crippen molar-refractivity contribution in [3.05, 3.63) is 76.7 Å². The number of hydrogen-bond acceptors (Lipinski definition) is 7. The Balaban J connectivity index is 1.34. The van der Waals surface area contributed by atoms with Crippen LogP contribution in [-0.4, -0.2) is 58.2 Å². The normalized spacial score (nSPS) is 18.8. The van der Waals surface area contributed by atoms with Crippen molar-refractivity contribution in [2.24, 2.45) is 0 Å². The first-order valence-corrected chi connectivity index (χ1v) is 12.6. The van der Waals surface area contributed by atoms with Gasteiger partial charge in [0.2, 0.25) is 0 Å². The second kappa shape index (κ2) is 10.3. The number of halogens is 2. The second-order valence-electron chi connectivity index (χ2n) is 9.66. The quantitative estimate of drug-likeness (QED) is 0.384. The van der Waals surface area contributed by atoms with Crippen molar-refractivity contribution in [3.63, 3.8) is 0 Å². The van der Waals surface area contributed by atoms with E-state index < -0.39 is 11.6 Å². The van der Waals surface area contributed by atoms with Crippen LogP contribution in [0.5, 0.6) is 0 Å². The minimum Gasteiger partial charge on any atom is -0.383 e. The van der Waals surface area contributed by atoms with Crippen molar-refractivity contribution in [2.45, 2.75) is 38.3 Å². The molecule has 3 N–H and O–H groups in total. The number of carbonyl (C=O) groups excluding carboxylic acids is 1. The molecule has 0 bridgehead atoms. The molecule has 1 fully saturated rings. The summed E-state index contributed by atoms with van der Waals surface area (Å²) in [5, 5.41) is 0. The maximum absolute atomic E-state index is 14.3. The lowest BCUT2D eigenvalue weighted by molar-refractivity contribution is -0.0773. The van der Waals surface area contributed by atoms with Crippen molar-refractivity contribution >= 4 is 22.8 Å². The number of carbonyl (C=O) groups is 1. The molecule has 2 aliphatic rings. The van der Waals surface area contributed by atoms with Crippen LogP contribution < -0.4 is 5.73 Å². The number of aromatic nitrogens is 3. The number of anilines is 1. The first-order valence-electron chi connectivity index (χ1n) is 12.6. The molecule has 202 valence electrons. The molecule has 3 aromatic heterocycles. The highest BCUT2D eigenvalue weighted by atomic mass is 19.1. The van der Waals surface area contributed by atoms with E-state index in [-0.39, 0.29) is 30.2 Å². The Hall–Kier alpha value is -3.93. The molecule has 0 saturated carbocycles. The number of nitrogens with two attached hydrogens (primary N) is 1. The molecule has 6 rings (SSSR count). The summed E-state index contributed by atoms with van der Waals surface area (Å²) in [4.78, 5) is 27.9. The van der Waals surface area contributed by atoms with Gasteiger partial charge in [-0.3, -0.25) is 9.78 Å². The van der Waals surface area contributed by atoms with Gasteiger partial charge in [-0.1, -0.05) is 12.1 Å². The molecule has 1 amide bonds. The van der Waals surface area contributed by atoms with Crippen LogP contribution in [0.25, 0.3) is 22.2 Å². The molecule has 11 heteroatoms. The molecule has 1 saturated heterocycles. The third kappa shape index (κ3) is 4.62. The molecule has 0 unspecified atom stereocenters. The molecular weight excluding hydrogens is 508 g/mol. The molecule has 0 aliphatic carbocycles. The summed E-state index contributed by atoms with van der Waals surface area (Å²) in [5.41, 5.74) is 10.2. The zero-order valence-electron chi connectivity index (χ0n) is 21.2. The lowest BCUT2D eigenvalue weighted by atomic mass is 10.0. The summed E-state index contributed by atoms with van der Waals surface area (Å²) in [6.07, 6.45) is 1.64. The SMILES string of the molecule is CO[C@@H]1COCC[C@H]1N(Cc1ccc(-c2c(F)cccc2F)cn1)C(=O)c1cc2nc(N)c3c(c2[nH]1)COC3. The first-order chi connectivity index (χ1) is 18.9. The number of aromatic amines is 1. The van der Waals surface area contributed by atoms with Gasteiger partial charge in [-0.2, -0.15) is 0 Å². The third-order valence-electron chi connectivity index (χ3n) is 7.38. The predicted molar refractivity (Wildman–Crippen MR) is 138 cm³/mol. The number of fused-ring (bicyclic) bond motifs is 3. The Kier molecular flexibility index (Phi) is 6.71. The number of benzene rings is 1. The van der Waals surface area contributed by atoms with Gasteiger partial charge in [-0.25, -0.2) is 13.8 Å². The number of H-pyrrole nitrogens is 1. The fourth-order valence-electron chi connectivity index (χ4n) is 5.35. The van der Waals surface area contributed by atoms with Crippen molar-refractivity contribution < 1.29 is 27.8 Å². The van der Waals surface area contributed by atoms with E-state index >= 15 is 0 Å². The summed E-state index contributed by atoms with van der Waals surface area (Å²) in [6.45, 7) is 1.74. The van der Waals surface area contributed by atoms with Crippen LogP contribution in [0.1, 0.15) is 33.7 Å². The number of rotatable bonds is 6. The van der Waals surface area contributed by atoms with Gasteiger partial charge in [0.05, 0.1) is 54.7 Å². The smallest absolute Gasteiger partial charge is 0.271 e. The third-order valence-corrected chi connectivity index (χ3v) is 7.38. The van der Waals surface area contributed by atoms with Crippen LogP contribution in [0.15, 0.2) is 42.6 Å². The number of nitrogens with one attached hydrogen (secondary N) is 1. The average Bonchev–Trinajstić information content (AvgIpc) is 3.60. The summed E-state index contributed by atoms with van der Waals surface area (Å²) in [5.74, 6) is -1.21. The van der Waals surface area contributed by atoms with E-state index in [1.54, 1.807) is 30.2 Å². The number of pyridine rings is 2. The van der Waals surface area contributed by atoms with E-state index in [9.17, 15) is 13.6 Å². The molecular formula is C28H27F2N5O4. The van der Waals surface area contributed by atoms with Crippen LogP contribution >= 0.6 is 0 Å². The standard InChI is InChI=1S/C28H27F2N5O4/c1-37-24-14-38-8-7-23(24)35(11-16-6-5-15(10-32-16)25-19(29)3-2-4-20(25)30)28(36)22-9-21-26(33-22)17-12-39-13-18(17)27(31)34-21/h2-6,9-10,23-24,33H,7-8,11-14H2,1H3,(H2,31,34)/t23-,24-/m1/s1. The maximum atomic E-state index is 14.3. The zero-order valence-corrected chi connectivity index (χ0v) is 21.2. The van der Waals surface area contributed by atoms with Crippen molar-refractivity contribution in [2.75, 3.05) is 26.1 Å². The number of hydrogen-bond donors (Lipinski definition) is 2. The summed E-state index contributed by atoms with van der Waals surface area (Å²) < 4.78 is 45.4. The van der Waals surface area contributed by atoms with Crippen LogP contribution in [0, 0.1) is 11.6 Å². The number of ether oxygens (including phenoxy) is 3. The van der Waals surface area contributed by atoms with E-state index in [0.717, 1.165) is 16.6 Å². The summed E-state index contributed by atoms with van der Waals surface area (Å²) in [7, 11) is 1.59. The van der Waals surface area contributed by atoms with E-state index in [1.165, 1.54) is 24.4 Å². The Morgan fingerprint density at radius 1 is 1.18 bits per heavy atom. The van der Waals surface area contributed by atoms with E-state index in [2.05, 4.69) is 15.0 Å². The molecule has 0 spiro atoms.